The van der Waals surface area contributed by atoms with Crippen LogP contribution in [0.2, 0.25) is 0 Å². The van der Waals surface area contributed by atoms with Gasteiger partial charge in [-0.15, -0.1) is 0 Å². The van der Waals surface area contributed by atoms with Crippen LogP contribution in [0.4, 0.5) is 4.39 Å². The van der Waals surface area contributed by atoms with Crippen molar-refractivity contribution >= 4 is 31.9 Å². The average Bonchev–Trinajstić information content (AvgIpc) is 1.65. The molecule has 0 aromatic carbocycles. The van der Waals surface area contributed by atoms with Gasteiger partial charge >= 0.3 is 0 Å². The smallest absolute Gasteiger partial charge is 0.111 e. The molecule has 0 N–H and O–H groups in total. The van der Waals surface area contributed by atoms with E-state index in [1.165, 1.54) is 6.92 Å². The Morgan fingerprint density at radius 2 is 2.14 bits per heavy atom. The molecular weight excluding hydrogens is 227 g/mol. The van der Waals surface area contributed by atoms with Crippen LogP contribution in [0, 0.1) is 0 Å². The maximum Gasteiger partial charge on any atom is 0.111 e. The first-order valence-corrected chi connectivity index (χ1v) is 4.06. The van der Waals surface area contributed by atoms with Gasteiger partial charge in [0.1, 0.15) is 6.17 Å². The van der Waals surface area contributed by atoms with Crippen molar-refractivity contribution in [1.29, 1.82) is 0 Å². The molecule has 44 valence electrons. The van der Waals surface area contributed by atoms with E-state index in [1.54, 1.807) is 0 Å². The lowest BCUT2D eigenvalue weighted by Crippen LogP contribution is -2.11. The zero-order chi connectivity index (χ0) is 5.86. The Labute approximate surface area is 59.7 Å². The topological polar surface area (TPSA) is 0 Å². The van der Waals surface area contributed by atoms with Gasteiger partial charge in [-0.3, -0.25) is 0 Å². The molecule has 0 aromatic rings. The van der Waals surface area contributed by atoms with E-state index in [-0.39, 0.29) is 4.83 Å². The van der Waals surface area contributed by atoms with Gasteiger partial charge in [0.2, 0.25) is 0 Å². The molecule has 0 aromatic heterocycles. The molecule has 7 heavy (non-hydrogen) atoms. The first kappa shape index (κ1) is 7.89. The highest BCUT2D eigenvalue weighted by Crippen LogP contribution is 2.10. The number of rotatable bonds is 2. The molecule has 2 unspecified atom stereocenters. The van der Waals surface area contributed by atoms with E-state index >= 15 is 0 Å². The van der Waals surface area contributed by atoms with Crippen molar-refractivity contribution in [2.24, 2.45) is 0 Å². The molecule has 0 saturated carbocycles. The van der Waals surface area contributed by atoms with Crippen LogP contribution in [0.25, 0.3) is 0 Å². The second kappa shape index (κ2) is 3.84. The van der Waals surface area contributed by atoms with E-state index in [9.17, 15) is 4.39 Å². The SMILES string of the molecule is CC(F)C(Br)CBr. The summed E-state index contributed by atoms with van der Waals surface area (Å²) < 4.78 is 12.0. The summed E-state index contributed by atoms with van der Waals surface area (Å²) in [5.41, 5.74) is 0. The minimum absolute atomic E-state index is 0.0347. The van der Waals surface area contributed by atoms with Crippen LogP contribution in [-0.4, -0.2) is 16.3 Å². The molecule has 0 fully saturated rings. The second-order valence-corrected chi connectivity index (χ2v) is 3.17. The molecule has 0 amide bonds. The van der Waals surface area contributed by atoms with E-state index < -0.39 is 6.17 Å². The van der Waals surface area contributed by atoms with Gasteiger partial charge in [0.15, 0.2) is 0 Å². The predicted octanol–water partition coefficient (Wildman–Crippen LogP) is 2.50. The molecule has 0 aliphatic carbocycles. The molecule has 0 heterocycles. The van der Waals surface area contributed by atoms with Gasteiger partial charge in [-0.2, -0.15) is 0 Å². The monoisotopic (exact) mass is 232 g/mol. The highest BCUT2D eigenvalue weighted by molar-refractivity contribution is 9.12. The normalized spacial score (nSPS) is 18.9. The molecule has 0 nitrogen and oxygen atoms in total. The molecule has 3 heteroatoms. The van der Waals surface area contributed by atoms with Gasteiger partial charge in [0, 0.05) is 5.33 Å². The summed E-state index contributed by atoms with van der Waals surface area (Å²) in [5, 5.41) is 0.671. The van der Waals surface area contributed by atoms with E-state index in [0.29, 0.717) is 5.33 Å². The lowest BCUT2D eigenvalue weighted by Gasteiger charge is -2.03. The van der Waals surface area contributed by atoms with Gasteiger partial charge in [-0.1, -0.05) is 31.9 Å². The first-order chi connectivity index (χ1) is 3.18. The highest BCUT2D eigenvalue weighted by Gasteiger charge is 2.08. The standard InChI is InChI=1S/C4H7Br2F/c1-3(7)4(6)2-5/h3-4H,2H2,1H3. The molecule has 0 aliphatic rings. The van der Waals surface area contributed by atoms with Crippen molar-refractivity contribution in [1.82, 2.24) is 0 Å². The molecule has 0 aliphatic heterocycles. The van der Waals surface area contributed by atoms with Gasteiger partial charge in [-0.25, -0.2) is 4.39 Å². The number of hydrogen-bond acceptors (Lipinski definition) is 0. The predicted molar refractivity (Wildman–Crippen MR) is 37.1 cm³/mol. The molecule has 2 atom stereocenters. The van der Waals surface area contributed by atoms with Crippen LogP contribution in [0.1, 0.15) is 6.92 Å². The van der Waals surface area contributed by atoms with E-state index in [4.69, 9.17) is 0 Å². The summed E-state index contributed by atoms with van der Waals surface area (Å²) in [4.78, 5) is -0.0347. The Morgan fingerprint density at radius 3 is 2.14 bits per heavy atom. The fraction of sp³-hybridized carbons (Fsp3) is 1.00. The zero-order valence-corrected chi connectivity index (χ0v) is 7.17. The van der Waals surface area contributed by atoms with Crippen LogP contribution in [0.15, 0.2) is 0 Å². The van der Waals surface area contributed by atoms with Crippen LogP contribution in [-0.2, 0) is 0 Å². The van der Waals surface area contributed by atoms with Gasteiger partial charge in [-0.05, 0) is 6.92 Å². The largest absolute Gasteiger partial charge is 0.247 e. The molecule has 0 rings (SSSR count). The summed E-state index contributed by atoms with van der Waals surface area (Å²) in [6.07, 6.45) is -0.764. The minimum Gasteiger partial charge on any atom is -0.247 e. The van der Waals surface area contributed by atoms with E-state index in [0.717, 1.165) is 0 Å². The van der Waals surface area contributed by atoms with Crippen molar-refractivity contribution in [2.75, 3.05) is 5.33 Å². The summed E-state index contributed by atoms with van der Waals surface area (Å²) in [6, 6.07) is 0. The van der Waals surface area contributed by atoms with Crippen LogP contribution in [0.5, 0.6) is 0 Å². The van der Waals surface area contributed by atoms with Gasteiger partial charge in [0.25, 0.3) is 0 Å². The van der Waals surface area contributed by atoms with Gasteiger partial charge in [0.05, 0.1) is 4.83 Å². The second-order valence-electron chi connectivity index (χ2n) is 1.35. The van der Waals surface area contributed by atoms with Crippen molar-refractivity contribution in [3.63, 3.8) is 0 Å². The molecule has 0 bridgehead atoms. The van der Waals surface area contributed by atoms with Crippen molar-refractivity contribution in [3.8, 4) is 0 Å². The van der Waals surface area contributed by atoms with Crippen molar-refractivity contribution in [2.45, 2.75) is 17.9 Å². The number of hydrogen-bond donors (Lipinski definition) is 0. The lowest BCUT2D eigenvalue weighted by atomic mass is 10.3. The van der Waals surface area contributed by atoms with Crippen LogP contribution < -0.4 is 0 Å². The Hall–Kier alpha value is 0.890. The first-order valence-electron chi connectivity index (χ1n) is 2.02. The maximum atomic E-state index is 12.0. The number of alkyl halides is 3. The Kier molecular flexibility index (Phi) is 4.33. The third-order valence-corrected chi connectivity index (χ3v) is 3.26. The third kappa shape index (κ3) is 3.47. The van der Waals surface area contributed by atoms with E-state index in [1.807, 2.05) is 0 Å². The Morgan fingerprint density at radius 1 is 1.71 bits per heavy atom. The summed E-state index contributed by atoms with van der Waals surface area (Å²) in [7, 11) is 0. The van der Waals surface area contributed by atoms with Crippen molar-refractivity contribution in [3.05, 3.63) is 0 Å². The van der Waals surface area contributed by atoms with Crippen molar-refractivity contribution < 1.29 is 4.39 Å². The van der Waals surface area contributed by atoms with Gasteiger partial charge < -0.3 is 0 Å². The van der Waals surface area contributed by atoms with Crippen LogP contribution in [0.3, 0.4) is 0 Å². The Bertz CT molecular complexity index is 47.0. The molecule has 0 saturated heterocycles. The number of halogens is 3. The fourth-order valence-corrected chi connectivity index (χ4v) is 0.638. The summed E-state index contributed by atoms with van der Waals surface area (Å²) in [6.45, 7) is 1.53. The summed E-state index contributed by atoms with van der Waals surface area (Å²) >= 11 is 6.25. The zero-order valence-electron chi connectivity index (χ0n) is 4.00. The minimum atomic E-state index is -0.764. The average molecular weight is 234 g/mol. The fourth-order valence-electron chi connectivity index (χ4n) is 0.123. The molecular formula is C4H7Br2F. The lowest BCUT2D eigenvalue weighted by molar-refractivity contribution is 0.366. The Balaban J connectivity index is 3.14. The summed E-state index contributed by atoms with van der Waals surface area (Å²) in [5.74, 6) is 0. The quantitative estimate of drug-likeness (QED) is 0.644. The third-order valence-electron chi connectivity index (χ3n) is 0.646. The molecule has 0 radical (unpaired) electrons. The van der Waals surface area contributed by atoms with Crippen LogP contribution >= 0.6 is 31.9 Å². The molecule has 0 spiro atoms. The van der Waals surface area contributed by atoms with E-state index in [2.05, 4.69) is 31.9 Å². The maximum absolute atomic E-state index is 12.0. The highest BCUT2D eigenvalue weighted by atomic mass is 79.9.